The van der Waals surface area contributed by atoms with Gasteiger partial charge < -0.3 is 13.3 Å². The van der Waals surface area contributed by atoms with Crippen molar-refractivity contribution in [3.8, 4) is 0 Å². The van der Waals surface area contributed by atoms with Crippen LogP contribution in [0.1, 0.15) is 16.7 Å². The Bertz CT molecular complexity index is 127. The molecule has 0 aliphatic rings. The topological polar surface area (TPSA) is 65.2 Å². The number of oxime groups is 2. The predicted molar refractivity (Wildman–Crippen MR) is 32.0 cm³/mol. The van der Waals surface area contributed by atoms with Crippen molar-refractivity contribution in [2.24, 2.45) is 10.3 Å². The maximum absolute atomic E-state index is 8.03. The molecule has 4 nitrogen and oxygen atoms in total. The Hall–Kier alpha value is 0.940. The fraction of sp³-hybridized carbons (Fsp3) is 0.500. The normalized spacial score (nSPS) is 11.4. The van der Waals surface area contributed by atoms with Gasteiger partial charge in [-0.1, -0.05) is 10.3 Å². The van der Waals surface area contributed by atoms with Gasteiger partial charge in [-0.2, -0.15) is 0 Å². The van der Waals surface area contributed by atoms with E-state index in [1.165, 1.54) is 13.8 Å². The molecule has 0 atom stereocenters. The summed E-state index contributed by atoms with van der Waals surface area (Å²) in [4.78, 5) is 0. The molecule has 0 saturated carbocycles. The Morgan fingerprint density at radius 2 is 1.20 bits per heavy atom. The molecule has 0 amide bonds. The molecule has 0 bridgehead atoms. The van der Waals surface area contributed by atoms with Crippen LogP contribution in [0.4, 0.5) is 0 Å². The summed E-state index contributed by atoms with van der Waals surface area (Å²) in [7, 11) is 0. The van der Waals surface area contributed by atoms with Crippen LogP contribution in [0.25, 0.3) is 0 Å². The SMILES string of the molecule is CC(=NO)C(C)=NO.[H-].[H-].[Na+].[Na+]. The van der Waals surface area contributed by atoms with Gasteiger partial charge in [0.05, 0.1) is 0 Å². The first-order valence-corrected chi connectivity index (χ1v) is 2.10. The fourth-order valence-electron chi connectivity index (χ4n) is 0.145. The average Bonchev–Trinajstić information content (AvgIpc) is 1.84. The van der Waals surface area contributed by atoms with Crippen LogP contribution in [-0.4, -0.2) is 21.8 Å². The molecule has 0 aliphatic carbocycles. The van der Waals surface area contributed by atoms with E-state index in [-0.39, 0.29) is 62.0 Å². The molecule has 10 heavy (non-hydrogen) atoms. The van der Waals surface area contributed by atoms with Crippen LogP contribution in [0.15, 0.2) is 10.3 Å². The number of nitrogens with zero attached hydrogens (tertiary/aromatic N) is 2. The van der Waals surface area contributed by atoms with Crippen molar-refractivity contribution in [2.75, 3.05) is 0 Å². The largest absolute Gasteiger partial charge is 1.00 e. The Kier molecular flexibility index (Phi) is 17.0. The van der Waals surface area contributed by atoms with Crippen molar-refractivity contribution < 1.29 is 72.4 Å². The molecule has 0 heterocycles. The van der Waals surface area contributed by atoms with Crippen molar-refractivity contribution >= 4 is 11.4 Å². The minimum Gasteiger partial charge on any atom is -1.00 e. The molecule has 50 valence electrons. The Balaban J connectivity index is -0.0000000408. The molecule has 0 aromatic rings. The van der Waals surface area contributed by atoms with E-state index in [1.54, 1.807) is 0 Å². The van der Waals surface area contributed by atoms with E-state index in [0.717, 1.165) is 0 Å². The predicted octanol–water partition coefficient (Wildman–Crippen LogP) is -5.08. The van der Waals surface area contributed by atoms with Gasteiger partial charge in [0.15, 0.2) is 0 Å². The molecule has 6 heteroatoms. The van der Waals surface area contributed by atoms with E-state index in [1.807, 2.05) is 0 Å². The summed E-state index contributed by atoms with van der Waals surface area (Å²) in [5, 5.41) is 21.6. The first-order chi connectivity index (χ1) is 3.72. The summed E-state index contributed by atoms with van der Waals surface area (Å²) < 4.78 is 0. The van der Waals surface area contributed by atoms with E-state index < -0.39 is 0 Å². The summed E-state index contributed by atoms with van der Waals surface area (Å²) in [6.07, 6.45) is 0. The first kappa shape index (κ1) is 17.1. The second-order valence-electron chi connectivity index (χ2n) is 1.37. The molecule has 0 saturated heterocycles. The van der Waals surface area contributed by atoms with Crippen molar-refractivity contribution in [1.82, 2.24) is 0 Å². The summed E-state index contributed by atoms with van der Waals surface area (Å²) in [6, 6.07) is 0. The third-order valence-electron chi connectivity index (χ3n) is 0.824. The van der Waals surface area contributed by atoms with Crippen LogP contribution in [-0.2, 0) is 0 Å². The van der Waals surface area contributed by atoms with Gasteiger partial charge in [0.1, 0.15) is 11.4 Å². The van der Waals surface area contributed by atoms with E-state index >= 15 is 0 Å². The Morgan fingerprint density at radius 3 is 1.30 bits per heavy atom. The molecule has 0 rings (SSSR count). The van der Waals surface area contributed by atoms with Crippen molar-refractivity contribution in [3.05, 3.63) is 0 Å². The molecule has 0 radical (unpaired) electrons. The van der Waals surface area contributed by atoms with E-state index in [4.69, 9.17) is 10.4 Å². The standard InChI is InChI=1S/C4H8N2O2.2Na.2H/c1-3(5-7)4(2)6-8;;;;/h7-8H,1-2H3;;;;/q;2*+1;2*-1. The minimum atomic E-state index is 0. The molecule has 2 N–H and O–H groups in total. The fourth-order valence-corrected chi connectivity index (χ4v) is 0.145. The van der Waals surface area contributed by atoms with Gasteiger partial charge in [0, 0.05) is 0 Å². The summed E-state index contributed by atoms with van der Waals surface area (Å²) in [5.41, 5.74) is 0.625. The molecule has 0 unspecified atom stereocenters. The zero-order valence-electron chi connectivity index (χ0n) is 8.79. The third-order valence-corrected chi connectivity index (χ3v) is 0.824. The van der Waals surface area contributed by atoms with Gasteiger partial charge in [-0.05, 0) is 13.8 Å². The Labute approximate surface area is 107 Å². The molecule has 0 aliphatic heterocycles. The summed E-state index contributed by atoms with van der Waals surface area (Å²) >= 11 is 0. The van der Waals surface area contributed by atoms with Crippen molar-refractivity contribution in [3.63, 3.8) is 0 Å². The van der Waals surface area contributed by atoms with Gasteiger partial charge in [0.2, 0.25) is 0 Å². The van der Waals surface area contributed by atoms with Crippen molar-refractivity contribution in [1.29, 1.82) is 0 Å². The smallest absolute Gasteiger partial charge is 1.00 e. The van der Waals surface area contributed by atoms with E-state index in [9.17, 15) is 0 Å². The van der Waals surface area contributed by atoms with Gasteiger partial charge in [-0.25, -0.2) is 0 Å². The van der Waals surface area contributed by atoms with E-state index in [2.05, 4.69) is 10.3 Å². The summed E-state index contributed by atoms with van der Waals surface area (Å²) in [5.74, 6) is 0. The number of rotatable bonds is 1. The van der Waals surface area contributed by atoms with Crippen LogP contribution in [0.3, 0.4) is 0 Å². The van der Waals surface area contributed by atoms with Crippen LogP contribution in [0.2, 0.25) is 0 Å². The molecular formula is C4H10N2Na2O2. The zero-order valence-corrected chi connectivity index (χ0v) is 10.8. The molecule has 0 aromatic carbocycles. The summed E-state index contributed by atoms with van der Waals surface area (Å²) in [6.45, 7) is 3.07. The quantitative estimate of drug-likeness (QED) is 0.176. The number of hydrogen-bond acceptors (Lipinski definition) is 4. The number of hydrogen-bond donors (Lipinski definition) is 2. The van der Waals surface area contributed by atoms with Crippen molar-refractivity contribution in [2.45, 2.75) is 13.8 Å². The van der Waals surface area contributed by atoms with Crippen LogP contribution in [0, 0.1) is 0 Å². The van der Waals surface area contributed by atoms with Gasteiger partial charge in [-0.3, -0.25) is 0 Å². The second kappa shape index (κ2) is 9.94. The van der Waals surface area contributed by atoms with Gasteiger partial charge >= 0.3 is 59.1 Å². The van der Waals surface area contributed by atoms with Gasteiger partial charge in [0.25, 0.3) is 0 Å². The maximum Gasteiger partial charge on any atom is 1.00 e. The van der Waals surface area contributed by atoms with E-state index in [0.29, 0.717) is 11.4 Å². The monoisotopic (exact) mass is 164 g/mol. The molecule has 0 aromatic heterocycles. The van der Waals surface area contributed by atoms with Crippen LogP contribution in [0.5, 0.6) is 0 Å². The first-order valence-electron chi connectivity index (χ1n) is 2.10. The third kappa shape index (κ3) is 7.05. The molecular weight excluding hydrogens is 154 g/mol. The minimum absolute atomic E-state index is 0. The molecule has 0 spiro atoms. The average molecular weight is 164 g/mol. The second-order valence-corrected chi connectivity index (χ2v) is 1.37. The van der Waals surface area contributed by atoms with Crippen LogP contribution < -0.4 is 59.1 Å². The molecule has 0 fully saturated rings. The Morgan fingerprint density at radius 1 is 1.00 bits per heavy atom. The zero-order chi connectivity index (χ0) is 6.57. The van der Waals surface area contributed by atoms with Crippen LogP contribution >= 0.6 is 0 Å². The maximum atomic E-state index is 8.03. The van der Waals surface area contributed by atoms with Gasteiger partial charge in [-0.15, -0.1) is 0 Å².